The predicted octanol–water partition coefficient (Wildman–Crippen LogP) is 5.24. The summed E-state index contributed by atoms with van der Waals surface area (Å²) < 4.78 is 5.67. The molecule has 1 heterocycles. The molecule has 2 amide bonds. The first kappa shape index (κ1) is 22.7. The number of carbonyl (C=O) groups is 1. The van der Waals surface area contributed by atoms with Crippen LogP contribution < -0.4 is 15.4 Å². The van der Waals surface area contributed by atoms with Gasteiger partial charge in [0.1, 0.15) is 5.75 Å². The highest BCUT2D eigenvalue weighted by Crippen LogP contribution is 2.24. The van der Waals surface area contributed by atoms with Gasteiger partial charge in [-0.2, -0.15) is 0 Å². The quantitative estimate of drug-likeness (QED) is 0.606. The second-order valence-corrected chi connectivity index (χ2v) is 8.66. The minimum Gasteiger partial charge on any atom is -0.491 e. The number of nitrogens with zero attached hydrogens (tertiary/aromatic N) is 1. The molecule has 162 valence electrons. The Morgan fingerprint density at radius 3 is 2.50 bits per heavy atom. The number of benzene rings is 2. The van der Waals surface area contributed by atoms with Crippen molar-refractivity contribution in [1.82, 2.24) is 15.5 Å². The van der Waals surface area contributed by atoms with Crippen LogP contribution in [0.15, 0.2) is 42.5 Å². The van der Waals surface area contributed by atoms with Crippen LogP contribution in [0.25, 0.3) is 0 Å². The summed E-state index contributed by atoms with van der Waals surface area (Å²) in [4.78, 5) is 15.0. The van der Waals surface area contributed by atoms with Crippen molar-refractivity contribution < 1.29 is 9.53 Å². The Labute approximate surface area is 188 Å². The van der Waals surface area contributed by atoms with Crippen molar-refractivity contribution in [2.75, 3.05) is 13.1 Å². The second kappa shape index (κ2) is 10.9. The first-order chi connectivity index (χ1) is 14.4. The lowest BCUT2D eigenvalue weighted by Gasteiger charge is -2.35. The van der Waals surface area contributed by atoms with E-state index >= 15 is 0 Å². The van der Waals surface area contributed by atoms with Crippen molar-refractivity contribution in [2.24, 2.45) is 0 Å². The van der Waals surface area contributed by atoms with Crippen LogP contribution >= 0.6 is 23.2 Å². The van der Waals surface area contributed by atoms with Crippen LogP contribution in [0.3, 0.4) is 0 Å². The molecule has 0 spiro atoms. The Balaban J connectivity index is 1.67. The summed E-state index contributed by atoms with van der Waals surface area (Å²) in [5.74, 6) is 0.828. The number of carbonyl (C=O) groups excluding carboxylic acids is 1. The van der Waals surface area contributed by atoms with E-state index in [0.29, 0.717) is 23.1 Å². The van der Waals surface area contributed by atoms with E-state index in [0.717, 1.165) is 42.8 Å². The first-order valence-corrected chi connectivity index (χ1v) is 11.1. The van der Waals surface area contributed by atoms with Crippen LogP contribution in [0, 0.1) is 0 Å². The number of nitrogens with one attached hydrogen (secondary N) is 2. The maximum absolute atomic E-state index is 13.1. The average Bonchev–Trinajstić information content (AvgIpc) is 2.73. The first-order valence-electron chi connectivity index (χ1n) is 10.4. The Morgan fingerprint density at radius 2 is 1.87 bits per heavy atom. The lowest BCUT2D eigenvalue weighted by atomic mass is 10.0. The topological polar surface area (TPSA) is 53.6 Å². The van der Waals surface area contributed by atoms with Crippen LogP contribution in [0.4, 0.5) is 4.79 Å². The van der Waals surface area contributed by atoms with Crippen molar-refractivity contribution in [3.63, 3.8) is 0 Å². The minimum atomic E-state index is -0.0876. The number of rotatable bonds is 7. The van der Waals surface area contributed by atoms with Gasteiger partial charge in [0.2, 0.25) is 0 Å². The molecule has 3 rings (SSSR count). The zero-order valence-electron chi connectivity index (χ0n) is 17.5. The largest absolute Gasteiger partial charge is 0.491 e. The molecule has 2 aromatic rings. The molecule has 5 nitrogen and oxygen atoms in total. The Morgan fingerprint density at radius 1 is 1.17 bits per heavy atom. The third kappa shape index (κ3) is 6.53. The average molecular weight is 450 g/mol. The van der Waals surface area contributed by atoms with Crippen molar-refractivity contribution in [2.45, 2.75) is 51.9 Å². The molecular formula is C23H29Cl2N3O2. The molecule has 0 saturated carbocycles. The molecule has 30 heavy (non-hydrogen) atoms. The smallest absolute Gasteiger partial charge is 0.318 e. The fourth-order valence-corrected chi connectivity index (χ4v) is 4.02. The highest BCUT2D eigenvalue weighted by Gasteiger charge is 2.26. The van der Waals surface area contributed by atoms with Gasteiger partial charge >= 0.3 is 6.03 Å². The third-order valence-electron chi connectivity index (χ3n) is 5.10. The molecule has 1 aliphatic rings. The fourth-order valence-electron chi connectivity index (χ4n) is 3.56. The highest BCUT2D eigenvalue weighted by atomic mass is 35.5. The molecule has 1 saturated heterocycles. The fraction of sp³-hybridized carbons (Fsp3) is 0.435. The Hall–Kier alpha value is -1.95. The third-order valence-corrected chi connectivity index (χ3v) is 5.69. The van der Waals surface area contributed by atoms with Gasteiger partial charge in [0.05, 0.1) is 6.10 Å². The van der Waals surface area contributed by atoms with Crippen LogP contribution in [0.1, 0.15) is 37.8 Å². The minimum absolute atomic E-state index is 0.0876. The van der Waals surface area contributed by atoms with E-state index < -0.39 is 0 Å². The number of halogens is 2. The molecule has 1 fully saturated rings. The van der Waals surface area contributed by atoms with E-state index in [2.05, 4.69) is 10.6 Å². The second-order valence-electron chi connectivity index (χ2n) is 7.81. The predicted molar refractivity (Wildman–Crippen MR) is 122 cm³/mol. The van der Waals surface area contributed by atoms with Gasteiger partial charge in [0.15, 0.2) is 0 Å². The zero-order valence-corrected chi connectivity index (χ0v) is 19.0. The van der Waals surface area contributed by atoms with Crippen LogP contribution in [-0.4, -0.2) is 36.2 Å². The van der Waals surface area contributed by atoms with E-state index in [9.17, 15) is 4.79 Å². The van der Waals surface area contributed by atoms with Gasteiger partial charge in [-0.05, 0) is 75.2 Å². The molecule has 0 aromatic heterocycles. The van der Waals surface area contributed by atoms with Gasteiger partial charge in [-0.1, -0.05) is 41.4 Å². The van der Waals surface area contributed by atoms with Crippen LogP contribution in [-0.2, 0) is 13.1 Å². The van der Waals surface area contributed by atoms with Crippen molar-refractivity contribution in [3.8, 4) is 5.75 Å². The van der Waals surface area contributed by atoms with E-state index in [4.69, 9.17) is 27.9 Å². The Kier molecular flexibility index (Phi) is 8.25. The van der Waals surface area contributed by atoms with E-state index in [1.54, 1.807) is 6.07 Å². The summed E-state index contributed by atoms with van der Waals surface area (Å²) in [6.45, 7) is 6.71. The van der Waals surface area contributed by atoms with Crippen LogP contribution in [0.2, 0.25) is 10.0 Å². The Bertz CT molecular complexity index is 837. The molecule has 7 heteroatoms. The van der Waals surface area contributed by atoms with Gasteiger partial charge in [-0.25, -0.2) is 4.79 Å². The van der Waals surface area contributed by atoms with E-state index in [-0.39, 0.29) is 18.2 Å². The maximum atomic E-state index is 13.1. The lowest BCUT2D eigenvalue weighted by molar-refractivity contribution is 0.154. The number of urea groups is 1. The molecular weight excluding hydrogens is 421 g/mol. The summed E-state index contributed by atoms with van der Waals surface area (Å²) in [7, 11) is 0. The molecule has 2 aromatic carbocycles. The van der Waals surface area contributed by atoms with Gasteiger partial charge in [0.25, 0.3) is 0 Å². The summed E-state index contributed by atoms with van der Waals surface area (Å²) >= 11 is 12.4. The number of amides is 2. The number of hydrogen-bond acceptors (Lipinski definition) is 3. The number of piperidine rings is 1. The van der Waals surface area contributed by atoms with E-state index in [1.807, 2.05) is 55.1 Å². The van der Waals surface area contributed by atoms with Gasteiger partial charge < -0.3 is 20.3 Å². The molecule has 1 aliphatic heterocycles. The monoisotopic (exact) mass is 449 g/mol. The molecule has 2 N–H and O–H groups in total. The van der Waals surface area contributed by atoms with Crippen molar-refractivity contribution >= 4 is 29.2 Å². The number of hydrogen-bond donors (Lipinski definition) is 2. The molecule has 0 bridgehead atoms. The van der Waals surface area contributed by atoms with Crippen molar-refractivity contribution in [1.29, 1.82) is 0 Å². The van der Waals surface area contributed by atoms with Crippen molar-refractivity contribution in [3.05, 3.63) is 63.6 Å². The highest BCUT2D eigenvalue weighted by molar-refractivity contribution is 6.35. The van der Waals surface area contributed by atoms with E-state index in [1.165, 1.54) is 0 Å². The normalized spacial score (nSPS) is 14.6. The van der Waals surface area contributed by atoms with Crippen LogP contribution in [0.5, 0.6) is 5.75 Å². The lowest BCUT2D eigenvalue weighted by Crippen LogP contribution is -2.49. The summed E-state index contributed by atoms with van der Waals surface area (Å²) in [6, 6.07) is 13.3. The molecule has 0 aliphatic carbocycles. The molecule has 0 unspecified atom stereocenters. The van der Waals surface area contributed by atoms with Gasteiger partial charge in [0, 0.05) is 29.2 Å². The molecule has 0 atom stereocenters. The summed E-state index contributed by atoms with van der Waals surface area (Å²) in [5, 5.41) is 7.59. The summed E-state index contributed by atoms with van der Waals surface area (Å²) in [5.41, 5.74) is 1.92. The standard InChI is InChI=1S/C23H29Cl2N3O2/c1-16(2)30-21-7-3-17(4-8-21)14-27-23(29)28(20-9-11-26-12-10-20)15-18-5-6-19(24)13-22(18)25/h3-8,13,16,20,26H,9-12,14-15H2,1-2H3,(H,27,29). The maximum Gasteiger partial charge on any atom is 0.318 e. The summed E-state index contributed by atoms with van der Waals surface area (Å²) in [6.07, 6.45) is 1.97. The van der Waals surface area contributed by atoms with Gasteiger partial charge in [-0.15, -0.1) is 0 Å². The molecule has 0 radical (unpaired) electrons. The van der Waals surface area contributed by atoms with Gasteiger partial charge in [-0.3, -0.25) is 0 Å². The zero-order chi connectivity index (χ0) is 21.5. The number of ether oxygens (including phenoxy) is 1. The SMILES string of the molecule is CC(C)Oc1ccc(CNC(=O)N(Cc2ccc(Cl)cc2Cl)C2CCNCC2)cc1.